The fourth-order valence-electron chi connectivity index (χ4n) is 1.68. The highest BCUT2D eigenvalue weighted by Crippen LogP contribution is 2.33. The molecule has 0 saturated carbocycles. The van der Waals surface area contributed by atoms with Crippen molar-refractivity contribution < 1.29 is 19.1 Å². The second kappa shape index (κ2) is 3.38. The van der Waals surface area contributed by atoms with Crippen LogP contribution in [0.2, 0.25) is 0 Å². The van der Waals surface area contributed by atoms with Crippen LogP contribution in [0.3, 0.4) is 0 Å². The van der Waals surface area contributed by atoms with Gasteiger partial charge in [-0.15, -0.1) is 0 Å². The first-order valence-corrected chi connectivity index (χ1v) is 4.49. The van der Waals surface area contributed by atoms with Gasteiger partial charge in [0.2, 0.25) is 11.6 Å². The molecule has 0 fully saturated rings. The number of carbonyl (C=O) groups is 2. The third-order valence-corrected chi connectivity index (χ3v) is 2.46. The number of fused-ring (bicyclic) bond motifs is 1. The van der Waals surface area contributed by atoms with E-state index in [9.17, 15) is 9.59 Å². The molecule has 0 atom stereocenters. The molecule has 0 heterocycles. The highest BCUT2D eigenvalue weighted by molar-refractivity contribution is 6.47. The Morgan fingerprint density at radius 3 is 2.27 bits per heavy atom. The molecule has 1 aromatic rings. The molecular weight excluding hydrogens is 196 g/mol. The molecule has 1 aliphatic rings. The van der Waals surface area contributed by atoms with Crippen molar-refractivity contribution in [2.45, 2.75) is 6.42 Å². The van der Waals surface area contributed by atoms with Gasteiger partial charge in [-0.1, -0.05) is 0 Å². The van der Waals surface area contributed by atoms with Crippen LogP contribution in [0.1, 0.15) is 15.9 Å². The van der Waals surface area contributed by atoms with E-state index in [-0.39, 0.29) is 12.2 Å². The molecule has 0 saturated heterocycles. The molecule has 0 amide bonds. The smallest absolute Gasteiger partial charge is 0.229 e. The van der Waals surface area contributed by atoms with Gasteiger partial charge in [0.05, 0.1) is 14.2 Å². The maximum absolute atomic E-state index is 11.4. The van der Waals surface area contributed by atoms with Crippen LogP contribution in [0.25, 0.3) is 0 Å². The van der Waals surface area contributed by atoms with E-state index in [0.717, 1.165) is 0 Å². The van der Waals surface area contributed by atoms with Gasteiger partial charge in [-0.2, -0.15) is 0 Å². The average molecular weight is 206 g/mol. The molecule has 0 unspecified atom stereocenters. The summed E-state index contributed by atoms with van der Waals surface area (Å²) in [6.07, 6.45) is 0.161. The molecule has 1 aliphatic carbocycles. The van der Waals surface area contributed by atoms with E-state index in [2.05, 4.69) is 0 Å². The molecule has 0 bridgehead atoms. The lowest BCUT2D eigenvalue weighted by Crippen LogP contribution is -2.05. The Balaban J connectivity index is 2.58. The zero-order valence-electron chi connectivity index (χ0n) is 8.49. The zero-order chi connectivity index (χ0) is 11.0. The predicted octanol–water partition coefficient (Wildman–Crippen LogP) is 1.01. The van der Waals surface area contributed by atoms with Crippen LogP contribution in [0.15, 0.2) is 12.1 Å². The van der Waals surface area contributed by atoms with Crippen LogP contribution >= 0.6 is 0 Å². The van der Waals surface area contributed by atoms with E-state index in [1.807, 2.05) is 0 Å². The molecule has 0 spiro atoms. The van der Waals surface area contributed by atoms with Crippen LogP contribution in [0, 0.1) is 0 Å². The highest BCUT2D eigenvalue weighted by Gasteiger charge is 2.29. The number of ether oxygens (including phenoxy) is 2. The van der Waals surface area contributed by atoms with Crippen molar-refractivity contribution in [2.75, 3.05) is 14.2 Å². The molecular formula is C11H10O4. The molecule has 0 aliphatic heterocycles. The number of rotatable bonds is 2. The Bertz CT molecular complexity index is 448. The van der Waals surface area contributed by atoms with Gasteiger partial charge in [0, 0.05) is 12.0 Å². The maximum Gasteiger partial charge on any atom is 0.229 e. The van der Waals surface area contributed by atoms with Gasteiger partial charge in [-0.25, -0.2) is 0 Å². The Morgan fingerprint density at radius 1 is 1.07 bits per heavy atom. The molecule has 15 heavy (non-hydrogen) atoms. The summed E-state index contributed by atoms with van der Waals surface area (Å²) in [5.74, 6) is 0.198. The number of ketones is 2. The van der Waals surface area contributed by atoms with E-state index in [0.29, 0.717) is 22.6 Å². The van der Waals surface area contributed by atoms with E-state index in [1.54, 1.807) is 12.1 Å². The normalized spacial score (nSPS) is 14.0. The standard InChI is InChI=1S/C11H10O4/c1-14-9-4-6-3-8(12)11(13)7(6)5-10(9)15-2/h4-5H,3H2,1-2H3. The minimum atomic E-state index is -0.439. The van der Waals surface area contributed by atoms with Crippen LogP contribution in [0.5, 0.6) is 11.5 Å². The van der Waals surface area contributed by atoms with Crippen LogP contribution in [0.4, 0.5) is 0 Å². The van der Waals surface area contributed by atoms with Gasteiger partial charge in [-0.05, 0) is 17.7 Å². The zero-order valence-corrected chi connectivity index (χ0v) is 8.49. The van der Waals surface area contributed by atoms with Crippen molar-refractivity contribution in [3.8, 4) is 11.5 Å². The van der Waals surface area contributed by atoms with Gasteiger partial charge >= 0.3 is 0 Å². The van der Waals surface area contributed by atoms with Gasteiger partial charge in [0.15, 0.2) is 11.5 Å². The average Bonchev–Trinajstić information content (AvgIpc) is 2.53. The third-order valence-electron chi connectivity index (χ3n) is 2.46. The van der Waals surface area contributed by atoms with E-state index >= 15 is 0 Å². The summed E-state index contributed by atoms with van der Waals surface area (Å²) in [6.45, 7) is 0. The lowest BCUT2D eigenvalue weighted by Gasteiger charge is -2.08. The highest BCUT2D eigenvalue weighted by atomic mass is 16.5. The van der Waals surface area contributed by atoms with Gasteiger partial charge in [0.25, 0.3) is 0 Å². The first-order chi connectivity index (χ1) is 7.17. The van der Waals surface area contributed by atoms with Crippen LogP contribution in [-0.4, -0.2) is 25.8 Å². The largest absolute Gasteiger partial charge is 0.493 e. The SMILES string of the molecule is COc1cc2c(cc1OC)C(=O)C(=O)C2. The summed E-state index contributed by atoms with van der Waals surface area (Å²) >= 11 is 0. The summed E-state index contributed by atoms with van der Waals surface area (Å²) < 4.78 is 10.1. The van der Waals surface area contributed by atoms with Crippen molar-refractivity contribution in [1.82, 2.24) is 0 Å². The van der Waals surface area contributed by atoms with Gasteiger partial charge < -0.3 is 9.47 Å². The second-order valence-electron chi connectivity index (χ2n) is 3.29. The summed E-state index contributed by atoms with van der Waals surface area (Å²) in [4.78, 5) is 22.6. The lowest BCUT2D eigenvalue weighted by molar-refractivity contribution is -0.114. The lowest BCUT2D eigenvalue weighted by atomic mass is 10.1. The van der Waals surface area contributed by atoms with Crippen molar-refractivity contribution >= 4 is 11.6 Å². The van der Waals surface area contributed by atoms with Crippen molar-refractivity contribution in [2.24, 2.45) is 0 Å². The number of Topliss-reactive ketones (excluding diaryl/α,β-unsaturated/α-hetero) is 2. The van der Waals surface area contributed by atoms with Crippen LogP contribution in [-0.2, 0) is 11.2 Å². The number of benzene rings is 1. The molecule has 4 heteroatoms. The Labute approximate surface area is 86.8 Å². The Kier molecular flexibility index (Phi) is 2.19. The first-order valence-electron chi connectivity index (χ1n) is 4.49. The summed E-state index contributed by atoms with van der Waals surface area (Å²) in [7, 11) is 3.01. The topological polar surface area (TPSA) is 52.6 Å². The van der Waals surface area contributed by atoms with Crippen molar-refractivity contribution in [3.05, 3.63) is 23.3 Å². The predicted molar refractivity (Wildman–Crippen MR) is 52.6 cm³/mol. The number of hydrogen-bond donors (Lipinski definition) is 0. The quantitative estimate of drug-likeness (QED) is 0.678. The summed E-state index contributed by atoms with van der Waals surface area (Å²) in [5, 5.41) is 0. The Morgan fingerprint density at radius 2 is 1.67 bits per heavy atom. The van der Waals surface area contributed by atoms with E-state index < -0.39 is 5.78 Å². The van der Waals surface area contributed by atoms with E-state index in [1.165, 1.54) is 14.2 Å². The number of carbonyl (C=O) groups excluding carboxylic acids is 2. The maximum atomic E-state index is 11.4. The molecule has 4 nitrogen and oxygen atoms in total. The monoisotopic (exact) mass is 206 g/mol. The molecule has 78 valence electrons. The number of methoxy groups -OCH3 is 2. The fraction of sp³-hybridized carbons (Fsp3) is 0.273. The molecule has 0 aromatic heterocycles. The summed E-state index contributed by atoms with van der Waals surface area (Å²) in [6, 6.07) is 3.23. The van der Waals surface area contributed by atoms with Crippen LogP contribution < -0.4 is 9.47 Å². The van der Waals surface area contributed by atoms with E-state index in [4.69, 9.17) is 9.47 Å². The third kappa shape index (κ3) is 1.38. The molecule has 0 radical (unpaired) electrons. The molecule has 2 rings (SSSR count). The van der Waals surface area contributed by atoms with Crippen molar-refractivity contribution in [3.63, 3.8) is 0 Å². The number of hydrogen-bond acceptors (Lipinski definition) is 4. The van der Waals surface area contributed by atoms with Crippen molar-refractivity contribution in [1.29, 1.82) is 0 Å². The fourth-order valence-corrected chi connectivity index (χ4v) is 1.68. The molecule has 0 N–H and O–H groups in total. The first kappa shape index (κ1) is 9.71. The minimum absolute atomic E-state index is 0.161. The van der Waals surface area contributed by atoms with Gasteiger partial charge in [0.1, 0.15) is 0 Å². The molecule has 1 aromatic carbocycles. The Hall–Kier alpha value is -1.84. The summed E-state index contributed by atoms with van der Waals surface area (Å²) in [5.41, 5.74) is 1.14. The second-order valence-corrected chi connectivity index (χ2v) is 3.29. The van der Waals surface area contributed by atoms with Gasteiger partial charge in [-0.3, -0.25) is 9.59 Å². The minimum Gasteiger partial charge on any atom is -0.493 e.